The number of para-hydroxylation sites is 2. The van der Waals surface area contributed by atoms with Gasteiger partial charge in [0.05, 0.1) is 28.2 Å². The highest BCUT2D eigenvalue weighted by atomic mass is 35.5. The minimum Gasteiger partial charge on any atom is -0.493 e. The molecular weight excluding hydrogens is 452 g/mol. The molecule has 4 aromatic rings. The largest absolute Gasteiger partial charge is 0.493 e. The van der Waals surface area contributed by atoms with Crippen molar-refractivity contribution in [3.8, 4) is 11.5 Å². The van der Waals surface area contributed by atoms with E-state index in [0.29, 0.717) is 33.7 Å². The van der Waals surface area contributed by atoms with Crippen LogP contribution in [-0.4, -0.2) is 23.6 Å². The van der Waals surface area contributed by atoms with Crippen LogP contribution in [0.1, 0.15) is 17.0 Å². The number of fused-ring (bicyclic) bond motifs is 1. The number of aromatic nitrogens is 2. The molecule has 3 aromatic carbocycles. The van der Waals surface area contributed by atoms with Crippen molar-refractivity contribution in [1.29, 1.82) is 0 Å². The minimum absolute atomic E-state index is 0.143. The van der Waals surface area contributed by atoms with Crippen molar-refractivity contribution in [3.63, 3.8) is 0 Å². The van der Waals surface area contributed by atoms with E-state index in [0.717, 1.165) is 35.4 Å². The molecule has 0 amide bonds. The number of halogens is 3. The predicted octanol–water partition coefficient (Wildman–Crippen LogP) is 5.93. The second-order valence-electron chi connectivity index (χ2n) is 7.26. The summed E-state index contributed by atoms with van der Waals surface area (Å²) in [6, 6.07) is 15.8. The molecule has 2 N–H and O–H groups in total. The van der Waals surface area contributed by atoms with Crippen molar-refractivity contribution in [2.24, 2.45) is 0 Å². The number of hydrogen-bond donors (Lipinski definition) is 2. The van der Waals surface area contributed by atoms with Crippen LogP contribution < -0.4 is 14.8 Å². The molecule has 32 heavy (non-hydrogen) atoms. The monoisotopic (exact) mass is 473 g/mol. The summed E-state index contributed by atoms with van der Waals surface area (Å²) in [4.78, 5) is 7.91. The summed E-state index contributed by atoms with van der Waals surface area (Å²) in [5, 5.41) is 4.12. The summed E-state index contributed by atoms with van der Waals surface area (Å²) < 4.78 is 24.5. The van der Waals surface area contributed by atoms with E-state index < -0.39 is 5.82 Å². The van der Waals surface area contributed by atoms with Gasteiger partial charge >= 0.3 is 0 Å². The fourth-order valence-corrected chi connectivity index (χ4v) is 3.88. The molecule has 0 spiro atoms. The third-order valence-corrected chi connectivity index (χ3v) is 5.62. The summed E-state index contributed by atoms with van der Waals surface area (Å²) >= 11 is 12.5. The first kappa shape index (κ1) is 22.4. The lowest BCUT2D eigenvalue weighted by atomic mass is 10.2. The second-order valence-corrected chi connectivity index (χ2v) is 8.08. The Morgan fingerprint density at radius 2 is 1.91 bits per heavy atom. The second kappa shape index (κ2) is 10.2. The number of hydrogen-bond acceptors (Lipinski definition) is 4. The van der Waals surface area contributed by atoms with Gasteiger partial charge in [-0.3, -0.25) is 0 Å². The van der Waals surface area contributed by atoms with E-state index in [1.165, 1.54) is 12.1 Å². The molecule has 5 nitrogen and oxygen atoms in total. The van der Waals surface area contributed by atoms with Crippen LogP contribution in [0.15, 0.2) is 54.6 Å². The number of nitrogens with zero attached hydrogens (tertiary/aromatic N) is 1. The Hall–Kier alpha value is -2.80. The average Bonchev–Trinajstić information content (AvgIpc) is 3.19. The Morgan fingerprint density at radius 1 is 1.06 bits per heavy atom. The highest BCUT2D eigenvalue weighted by Crippen LogP contribution is 2.37. The molecule has 4 rings (SSSR count). The third kappa shape index (κ3) is 5.33. The highest BCUT2D eigenvalue weighted by Gasteiger charge is 2.13. The molecule has 1 aromatic heterocycles. The van der Waals surface area contributed by atoms with Crippen LogP contribution in [0.2, 0.25) is 10.0 Å². The Kier molecular flexibility index (Phi) is 7.15. The van der Waals surface area contributed by atoms with Gasteiger partial charge in [-0.2, -0.15) is 0 Å². The number of ether oxygens (including phenoxy) is 2. The summed E-state index contributed by atoms with van der Waals surface area (Å²) in [7, 11) is 1.56. The van der Waals surface area contributed by atoms with E-state index >= 15 is 0 Å². The van der Waals surface area contributed by atoms with Crippen molar-refractivity contribution in [2.75, 3.05) is 13.7 Å². The number of aromatic amines is 1. The number of methoxy groups -OCH3 is 1. The van der Waals surface area contributed by atoms with Crippen LogP contribution in [0.3, 0.4) is 0 Å². The van der Waals surface area contributed by atoms with E-state index in [2.05, 4.69) is 15.3 Å². The first-order chi connectivity index (χ1) is 15.5. The van der Waals surface area contributed by atoms with E-state index in [-0.39, 0.29) is 6.61 Å². The van der Waals surface area contributed by atoms with E-state index in [9.17, 15) is 4.39 Å². The van der Waals surface area contributed by atoms with Crippen molar-refractivity contribution in [3.05, 3.63) is 87.4 Å². The molecule has 0 aliphatic rings. The van der Waals surface area contributed by atoms with Crippen LogP contribution >= 0.6 is 23.2 Å². The number of rotatable bonds is 9. The van der Waals surface area contributed by atoms with E-state index in [1.54, 1.807) is 13.2 Å². The maximum absolute atomic E-state index is 13.2. The van der Waals surface area contributed by atoms with Crippen LogP contribution in [0, 0.1) is 5.82 Å². The lowest BCUT2D eigenvalue weighted by Crippen LogP contribution is -2.17. The molecule has 0 radical (unpaired) electrons. The van der Waals surface area contributed by atoms with Crippen molar-refractivity contribution >= 4 is 34.2 Å². The molecule has 0 atom stereocenters. The van der Waals surface area contributed by atoms with E-state index in [4.69, 9.17) is 32.7 Å². The summed E-state index contributed by atoms with van der Waals surface area (Å²) in [5.74, 6) is 1.48. The zero-order chi connectivity index (χ0) is 22.5. The van der Waals surface area contributed by atoms with Crippen LogP contribution in [0.4, 0.5) is 4.39 Å². The van der Waals surface area contributed by atoms with Crippen molar-refractivity contribution < 1.29 is 13.9 Å². The molecule has 0 unspecified atom stereocenters. The zero-order valence-corrected chi connectivity index (χ0v) is 18.9. The predicted molar refractivity (Wildman–Crippen MR) is 125 cm³/mol. The summed E-state index contributed by atoms with van der Waals surface area (Å²) in [6.45, 7) is 1.51. The quantitative estimate of drug-likeness (QED) is 0.296. The highest BCUT2D eigenvalue weighted by molar-refractivity contribution is 6.32. The van der Waals surface area contributed by atoms with Gasteiger partial charge in [0.2, 0.25) is 0 Å². The Labute approximate surface area is 195 Å². The molecule has 0 saturated heterocycles. The van der Waals surface area contributed by atoms with Gasteiger partial charge in [-0.1, -0.05) is 41.4 Å². The molecular formula is C24H22Cl2FN3O2. The van der Waals surface area contributed by atoms with Crippen molar-refractivity contribution in [1.82, 2.24) is 15.3 Å². The SMILES string of the molecule is COc1cc(CNCCc2nc3ccccc3[nH]2)cc(Cl)c1OCc1ccc(F)cc1Cl. The smallest absolute Gasteiger partial charge is 0.180 e. The number of imidazole rings is 1. The Morgan fingerprint density at radius 3 is 2.69 bits per heavy atom. The lowest BCUT2D eigenvalue weighted by molar-refractivity contribution is 0.284. The van der Waals surface area contributed by atoms with E-state index in [1.807, 2.05) is 36.4 Å². The topological polar surface area (TPSA) is 59.2 Å². The van der Waals surface area contributed by atoms with Crippen LogP contribution in [0.5, 0.6) is 11.5 Å². The summed E-state index contributed by atoms with van der Waals surface area (Å²) in [6.07, 6.45) is 0.777. The van der Waals surface area contributed by atoms with Crippen LogP contribution in [0.25, 0.3) is 11.0 Å². The van der Waals surface area contributed by atoms with Crippen molar-refractivity contribution in [2.45, 2.75) is 19.6 Å². The first-order valence-electron chi connectivity index (χ1n) is 10.1. The van der Waals surface area contributed by atoms with Crippen LogP contribution in [-0.2, 0) is 19.6 Å². The van der Waals surface area contributed by atoms with Gasteiger partial charge in [-0.15, -0.1) is 0 Å². The molecule has 8 heteroatoms. The standard InChI is InChI=1S/C24H22Cl2FN3O2/c1-31-22-11-15(13-28-9-8-23-29-20-4-2-3-5-21(20)30-23)10-19(26)24(22)32-14-16-6-7-17(27)12-18(16)25/h2-7,10-12,28H,8-9,13-14H2,1H3,(H,29,30). The number of benzene rings is 3. The van der Waals surface area contributed by atoms with Gasteiger partial charge in [0.25, 0.3) is 0 Å². The first-order valence-corrected chi connectivity index (χ1v) is 10.9. The maximum Gasteiger partial charge on any atom is 0.180 e. The minimum atomic E-state index is -0.397. The van der Waals surface area contributed by atoms with Gasteiger partial charge in [0.15, 0.2) is 11.5 Å². The molecule has 166 valence electrons. The Balaban J connectivity index is 1.35. The molecule has 1 heterocycles. The van der Waals surface area contributed by atoms with Gasteiger partial charge in [-0.25, -0.2) is 9.37 Å². The van der Waals surface area contributed by atoms with Gasteiger partial charge in [0, 0.05) is 25.1 Å². The average molecular weight is 474 g/mol. The molecule has 0 fully saturated rings. The third-order valence-electron chi connectivity index (χ3n) is 4.98. The fourth-order valence-electron chi connectivity index (χ4n) is 3.37. The fraction of sp³-hybridized carbons (Fsp3) is 0.208. The lowest BCUT2D eigenvalue weighted by Gasteiger charge is -2.15. The Bertz CT molecular complexity index is 1200. The number of nitrogens with one attached hydrogen (secondary N) is 2. The normalized spacial score (nSPS) is 11.1. The molecule has 0 aliphatic carbocycles. The molecule has 0 aliphatic heterocycles. The maximum atomic E-state index is 13.2. The number of H-pyrrole nitrogens is 1. The molecule has 0 bridgehead atoms. The summed E-state index contributed by atoms with van der Waals surface area (Å²) in [5.41, 5.74) is 3.62. The molecule has 0 saturated carbocycles. The zero-order valence-electron chi connectivity index (χ0n) is 17.4. The van der Waals surface area contributed by atoms with Gasteiger partial charge in [0.1, 0.15) is 18.2 Å². The van der Waals surface area contributed by atoms with Gasteiger partial charge in [-0.05, 0) is 42.0 Å². The van der Waals surface area contributed by atoms with Gasteiger partial charge < -0.3 is 19.8 Å².